The molecule has 2 aromatic carbocycles. The minimum atomic E-state index is -0.339. The minimum Gasteiger partial charge on any atom is -0.451 e. The quantitative estimate of drug-likeness (QED) is 0.417. The number of halogens is 2. The number of nitrogens with one attached hydrogen (secondary N) is 1. The molecule has 0 aliphatic carbocycles. The fourth-order valence-electron chi connectivity index (χ4n) is 2.34. The molecule has 124 valence electrons. The van der Waals surface area contributed by atoms with Crippen molar-refractivity contribution in [3.63, 3.8) is 0 Å². The Morgan fingerprint density at radius 2 is 1.92 bits per heavy atom. The lowest BCUT2D eigenvalue weighted by Gasteiger charge is -1.99. The van der Waals surface area contributed by atoms with Crippen LogP contribution in [0.5, 0.6) is 0 Å². The summed E-state index contributed by atoms with van der Waals surface area (Å²) in [6.45, 7) is 0. The molecule has 0 atom stereocenters. The standard InChI is InChI=1S/C18H10BrClN2O2S/c19-11-3-1-10(2-4-11)14-7-8-15(24-14)17(23)22-18-21-13-6-5-12(20)9-16(13)25-18/h1-9H,(H,21,22,23). The number of anilines is 1. The lowest BCUT2D eigenvalue weighted by atomic mass is 10.2. The first-order chi connectivity index (χ1) is 12.1. The van der Waals surface area contributed by atoms with Gasteiger partial charge in [0.1, 0.15) is 5.76 Å². The molecule has 4 nitrogen and oxygen atoms in total. The SMILES string of the molecule is O=C(Nc1nc2ccc(Cl)cc2s1)c1ccc(-c2ccc(Br)cc2)o1. The molecule has 0 radical (unpaired) electrons. The molecule has 2 aromatic heterocycles. The molecule has 1 amide bonds. The second kappa shape index (κ2) is 6.63. The number of furan rings is 1. The van der Waals surface area contributed by atoms with Crippen molar-refractivity contribution in [2.24, 2.45) is 0 Å². The number of hydrogen-bond acceptors (Lipinski definition) is 4. The lowest BCUT2D eigenvalue weighted by Crippen LogP contribution is -2.10. The predicted octanol–water partition coefficient (Wildman–Crippen LogP) is 6.22. The van der Waals surface area contributed by atoms with Gasteiger partial charge in [-0.1, -0.05) is 51.0 Å². The van der Waals surface area contributed by atoms with Crippen molar-refractivity contribution in [3.8, 4) is 11.3 Å². The molecule has 7 heteroatoms. The highest BCUT2D eigenvalue weighted by Crippen LogP contribution is 2.29. The van der Waals surface area contributed by atoms with Crippen molar-refractivity contribution in [1.82, 2.24) is 4.98 Å². The van der Waals surface area contributed by atoms with Crippen LogP contribution in [0.15, 0.2) is 63.5 Å². The Labute approximate surface area is 160 Å². The minimum absolute atomic E-state index is 0.232. The van der Waals surface area contributed by atoms with Crippen LogP contribution in [-0.4, -0.2) is 10.9 Å². The maximum atomic E-state index is 12.4. The molecule has 0 bridgehead atoms. The van der Waals surface area contributed by atoms with Gasteiger partial charge in [0.2, 0.25) is 0 Å². The summed E-state index contributed by atoms with van der Waals surface area (Å²) in [6.07, 6.45) is 0. The van der Waals surface area contributed by atoms with Gasteiger partial charge in [0.05, 0.1) is 10.2 Å². The molecular weight excluding hydrogens is 424 g/mol. The smallest absolute Gasteiger partial charge is 0.293 e. The van der Waals surface area contributed by atoms with E-state index in [1.54, 1.807) is 18.2 Å². The van der Waals surface area contributed by atoms with E-state index in [1.165, 1.54) is 11.3 Å². The van der Waals surface area contributed by atoms with Crippen LogP contribution >= 0.6 is 38.9 Å². The maximum absolute atomic E-state index is 12.4. The van der Waals surface area contributed by atoms with Crippen LogP contribution in [0, 0.1) is 0 Å². The highest BCUT2D eigenvalue weighted by Gasteiger charge is 2.14. The Morgan fingerprint density at radius 3 is 2.72 bits per heavy atom. The Morgan fingerprint density at radius 1 is 1.12 bits per heavy atom. The third-order valence-electron chi connectivity index (χ3n) is 3.53. The first-order valence-corrected chi connectivity index (χ1v) is 9.30. The van der Waals surface area contributed by atoms with Crippen molar-refractivity contribution >= 4 is 60.1 Å². The normalized spacial score (nSPS) is 11.0. The number of thiazole rings is 1. The predicted molar refractivity (Wildman–Crippen MR) is 104 cm³/mol. The second-order valence-corrected chi connectivity index (χ2v) is 7.64. The number of rotatable bonds is 3. The average molecular weight is 434 g/mol. The molecule has 25 heavy (non-hydrogen) atoms. The van der Waals surface area contributed by atoms with Gasteiger partial charge in [-0.15, -0.1) is 0 Å². The van der Waals surface area contributed by atoms with E-state index in [9.17, 15) is 4.79 Å². The van der Waals surface area contributed by atoms with Crippen LogP contribution in [0.4, 0.5) is 5.13 Å². The molecule has 2 heterocycles. The third-order valence-corrected chi connectivity index (χ3v) is 5.23. The summed E-state index contributed by atoms with van der Waals surface area (Å²) < 4.78 is 7.56. The molecular formula is C18H10BrClN2O2S. The van der Waals surface area contributed by atoms with Crippen LogP contribution < -0.4 is 5.32 Å². The molecule has 0 aliphatic rings. The van der Waals surface area contributed by atoms with E-state index in [2.05, 4.69) is 26.2 Å². The number of hydrogen-bond donors (Lipinski definition) is 1. The fourth-order valence-corrected chi connectivity index (χ4v) is 3.74. The van der Waals surface area contributed by atoms with Crippen LogP contribution in [-0.2, 0) is 0 Å². The summed E-state index contributed by atoms with van der Waals surface area (Å²) in [4.78, 5) is 16.8. The summed E-state index contributed by atoms with van der Waals surface area (Å²) in [5.74, 6) is 0.525. The molecule has 0 unspecified atom stereocenters. The van der Waals surface area contributed by atoms with Crippen molar-refractivity contribution in [1.29, 1.82) is 0 Å². The third kappa shape index (κ3) is 3.46. The van der Waals surface area contributed by atoms with Crippen molar-refractivity contribution in [2.45, 2.75) is 0 Å². The monoisotopic (exact) mass is 432 g/mol. The zero-order chi connectivity index (χ0) is 17.4. The zero-order valence-corrected chi connectivity index (χ0v) is 15.8. The van der Waals surface area contributed by atoms with Gasteiger partial charge >= 0.3 is 0 Å². The first-order valence-electron chi connectivity index (χ1n) is 7.32. The van der Waals surface area contributed by atoms with Gasteiger partial charge < -0.3 is 4.42 Å². The van der Waals surface area contributed by atoms with E-state index in [0.29, 0.717) is 15.9 Å². The molecule has 0 saturated carbocycles. The Kier molecular flexibility index (Phi) is 4.33. The Bertz CT molecular complexity index is 1070. The van der Waals surface area contributed by atoms with Crippen molar-refractivity contribution in [2.75, 3.05) is 5.32 Å². The number of fused-ring (bicyclic) bond motifs is 1. The van der Waals surface area contributed by atoms with E-state index in [4.69, 9.17) is 16.0 Å². The van der Waals surface area contributed by atoms with Crippen molar-refractivity contribution in [3.05, 3.63) is 69.9 Å². The van der Waals surface area contributed by atoms with Crippen LogP contribution in [0.2, 0.25) is 5.02 Å². The summed E-state index contributed by atoms with van der Waals surface area (Å²) in [7, 11) is 0. The van der Waals surface area contributed by atoms with E-state index in [1.807, 2.05) is 36.4 Å². The second-order valence-electron chi connectivity index (χ2n) is 5.26. The molecule has 1 N–H and O–H groups in total. The van der Waals surface area contributed by atoms with Gasteiger partial charge in [0.25, 0.3) is 5.91 Å². The molecule has 4 rings (SSSR count). The number of carbonyl (C=O) groups is 1. The van der Waals surface area contributed by atoms with E-state index in [0.717, 1.165) is 20.3 Å². The number of benzene rings is 2. The van der Waals surface area contributed by atoms with E-state index in [-0.39, 0.29) is 11.7 Å². The van der Waals surface area contributed by atoms with E-state index < -0.39 is 0 Å². The van der Waals surface area contributed by atoms with Crippen LogP contribution in [0.25, 0.3) is 21.5 Å². The first kappa shape index (κ1) is 16.3. The van der Waals surface area contributed by atoms with Gasteiger partial charge in [-0.3, -0.25) is 10.1 Å². The number of aromatic nitrogens is 1. The molecule has 0 spiro atoms. The lowest BCUT2D eigenvalue weighted by molar-refractivity contribution is 0.0997. The Hall–Kier alpha value is -2.15. The largest absolute Gasteiger partial charge is 0.451 e. The van der Waals surface area contributed by atoms with Gasteiger partial charge in [-0.05, 0) is 42.5 Å². The molecule has 0 aliphatic heterocycles. The summed E-state index contributed by atoms with van der Waals surface area (Å²) >= 11 is 10.7. The van der Waals surface area contributed by atoms with Crippen molar-refractivity contribution < 1.29 is 9.21 Å². The average Bonchev–Trinajstić information content (AvgIpc) is 3.21. The molecule has 4 aromatic rings. The van der Waals surface area contributed by atoms with E-state index >= 15 is 0 Å². The summed E-state index contributed by atoms with van der Waals surface area (Å²) in [5, 5.41) is 3.91. The summed E-state index contributed by atoms with van der Waals surface area (Å²) in [5.41, 5.74) is 1.69. The van der Waals surface area contributed by atoms with Crippen LogP contribution in [0.1, 0.15) is 10.6 Å². The van der Waals surface area contributed by atoms with Crippen LogP contribution in [0.3, 0.4) is 0 Å². The number of amides is 1. The fraction of sp³-hybridized carbons (Fsp3) is 0. The van der Waals surface area contributed by atoms with Gasteiger partial charge in [-0.2, -0.15) is 0 Å². The highest BCUT2D eigenvalue weighted by atomic mass is 79.9. The maximum Gasteiger partial charge on any atom is 0.293 e. The molecule has 0 saturated heterocycles. The number of nitrogens with zero attached hydrogens (tertiary/aromatic N) is 1. The Balaban J connectivity index is 1.55. The molecule has 0 fully saturated rings. The van der Waals surface area contributed by atoms with Gasteiger partial charge in [0, 0.05) is 15.1 Å². The number of carbonyl (C=O) groups excluding carboxylic acids is 1. The van der Waals surface area contributed by atoms with Gasteiger partial charge in [-0.25, -0.2) is 4.98 Å². The summed E-state index contributed by atoms with van der Waals surface area (Å²) in [6, 6.07) is 16.5. The zero-order valence-electron chi connectivity index (χ0n) is 12.6. The highest BCUT2D eigenvalue weighted by molar-refractivity contribution is 9.10. The topological polar surface area (TPSA) is 55.1 Å². The van der Waals surface area contributed by atoms with Gasteiger partial charge in [0.15, 0.2) is 10.9 Å².